The first-order valence-corrected chi connectivity index (χ1v) is 3.58. The summed E-state index contributed by atoms with van der Waals surface area (Å²) >= 11 is 5.34. The molecule has 0 saturated heterocycles. The molecule has 0 atom stereocenters. The SMILES string of the molecule is CC#CCN(C)C/C=C/Cl. The molecular formula is C8H12ClN. The summed E-state index contributed by atoms with van der Waals surface area (Å²) in [5.74, 6) is 5.78. The maximum Gasteiger partial charge on any atom is 0.0601 e. The van der Waals surface area contributed by atoms with Crippen LogP contribution >= 0.6 is 11.6 Å². The van der Waals surface area contributed by atoms with Crippen molar-refractivity contribution >= 4 is 11.6 Å². The van der Waals surface area contributed by atoms with Gasteiger partial charge in [0.05, 0.1) is 6.54 Å². The minimum Gasteiger partial charge on any atom is -0.292 e. The van der Waals surface area contributed by atoms with Gasteiger partial charge in [-0.1, -0.05) is 23.6 Å². The topological polar surface area (TPSA) is 3.24 Å². The third kappa shape index (κ3) is 5.68. The Morgan fingerprint density at radius 3 is 2.80 bits per heavy atom. The predicted octanol–water partition coefficient (Wildman–Crippen LogP) is 1.69. The number of nitrogens with zero attached hydrogens (tertiary/aromatic N) is 1. The van der Waals surface area contributed by atoms with Gasteiger partial charge in [0, 0.05) is 12.1 Å². The Bertz CT molecular complexity index is 152. The van der Waals surface area contributed by atoms with E-state index in [4.69, 9.17) is 11.6 Å². The summed E-state index contributed by atoms with van der Waals surface area (Å²) in [6.07, 6.45) is 1.89. The number of hydrogen-bond donors (Lipinski definition) is 0. The van der Waals surface area contributed by atoms with Crippen LogP contribution < -0.4 is 0 Å². The molecule has 0 radical (unpaired) electrons. The highest BCUT2D eigenvalue weighted by Crippen LogP contribution is 1.83. The number of rotatable bonds is 3. The van der Waals surface area contributed by atoms with Gasteiger partial charge in [0.2, 0.25) is 0 Å². The highest BCUT2D eigenvalue weighted by atomic mass is 35.5. The maximum atomic E-state index is 5.34. The summed E-state index contributed by atoms with van der Waals surface area (Å²) < 4.78 is 0. The average molecular weight is 158 g/mol. The van der Waals surface area contributed by atoms with E-state index < -0.39 is 0 Å². The quantitative estimate of drug-likeness (QED) is 0.564. The molecule has 0 aromatic rings. The lowest BCUT2D eigenvalue weighted by Crippen LogP contribution is -2.18. The van der Waals surface area contributed by atoms with E-state index in [-0.39, 0.29) is 0 Å². The van der Waals surface area contributed by atoms with Crippen LogP contribution in [0.3, 0.4) is 0 Å². The highest BCUT2D eigenvalue weighted by Gasteiger charge is 1.88. The van der Waals surface area contributed by atoms with Gasteiger partial charge in [0.15, 0.2) is 0 Å². The van der Waals surface area contributed by atoms with E-state index in [1.165, 1.54) is 5.54 Å². The molecule has 0 saturated carbocycles. The van der Waals surface area contributed by atoms with Crippen LogP contribution in [0.15, 0.2) is 11.6 Å². The molecule has 0 fully saturated rings. The molecule has 0 aliphatic rings. The molecule has 2 heteroatoms. The van der Waals surface area contributed by atoms with Crippen molar-refractivity contribution in [3.8, 4) is 11.8 Å². The molecule has 0 aliphatic heterocycles. The molecule has 10 heavy (non-hydrogen) atoms. The van der Waals surface area contributed by atoms with Crippen molar-refractivity contribution in [2.75, 3.05) is 20.1 Å². The molecule has 56 valence electrons. The van der Waals surface area contributed by atoms with E-state index in [9.17, 15) is 0 Å². The van der Waals surface area contributed by atoms with Crippen LogP contribution in [0.1, 0.15) is 6.92 Å². The summed E-state index contributed by atoms with van der Waals surface area (Å²) in [4.78, 5) is 2.08. The number of halogens is 1. The van der Waals surface area contributed by atoms with E-state index in [1.807, 2.05) is 20.0 Å². The van der Waals surface area contributed by atoms with Crippen molar-refractivity contribution < 1.29 is 0 Å². The Kier molecular flexibility index (Phi) is 6.37. The van der Waals surface area contributed by atoms with E-state index >= 15 is 0 Å². The fourth-order valence-corrected chi connectivity index (χ4v) is 0.578. The van der Waals surface area contributed by atoms with Crippen LogP contribution in [0, 0.1) is 11.8 Å². The highest BCUT2D eigenvalue weighted by molar-refractivity contribution is 6.25. The third-order valence-corrected chi connectivity index (χ3v) is 1.21. The van der Waals surface area contributed by atoms with Crippen LogP contribution in [0.2, 0.25) is 0 Å². The van der Waals surface area contributed by atoms with E-state index in [2.05, 4.69) is 16.7 Å². The van der Waals surface area contributed by atoms with Gasteiger partial charge in [0.1, 0.15) is 0 Å². The molecule has 0 aromatic heterocycles. The van der Waals surface area contributed by atoms with Crippen LogP contribution in [0.4, 0.5) is 0 Å². The molecule has 0 aliphatic carbocycles. The van der Waals surface area contributed by atoms with Crippen LogP contribution in [-0.4, -0.2) is 25.0 Å². The lowest BCUT2D eigenvalue weighted by Gasteiger charge is -2.08. The standard InChI is InChI=1S/C8H12ClN/c1-3-4-7-10(2)8-5-6-9/h5-6H,7-8H2,1-2H3/b6-5+. The van der Waals surface area contributed by atoms with Crippen LogP contribution in [0.25, 0.3) is 0 Å². The zero-order valence-electron chi connectivity index (χ0n) is 6.39. The Morgan fingerprint density at radius 1 is 1.60 bits per heavy atom. The van der Waals surface area contributed by atoms with Crippen LogP contribution in [0.5, 0.6) is 0 Å². The summed E-state index contributed by atoms with van der Waals surface area (Å²) in [6.45, 7) is 3.50. The third-order valence-electron chi connectivity index (χ3n) is 1.03. The zero-order valence-corrected chi connectivity index (χ0v) is 7.15. The second-order valence-corrected chi connectivity index (χ2v) is 2.24. The van der Waals surface area contributed by atoms with Gasteiger partial charge in [-0.15, -0.1) is 5.92 Å². The molecule has 0 N–H and O–H groups in total. The van der Waals surface area contributed by atoms with Crippen molar-refractivity contribution in [2.24, 2.45) is 0 Å². The molecule has 1 nitrogen and oxygen atoms in total. The fourth-order valence-electron chi connectivity index (χ4n) is 0.498. The van der Waals surface area contributed by atoms with Crippen LogP contribution in [-0.2, 0) is 0 Å². The van der Waals surface area contributed by atoms with Gasteiger partial charge in [-0.3, -0.25) is 4.90 Å². The molecular weight excluding hydrogens is 146 g/mol. The fraction of sp³-hybridized carbons (Fsp3) is 0.500. The van der Waals surface area contributed by atoms with Gasteiger partial charge in [-0.2, -0.15) is 0 Å². The predicted molar refractivity (Wildman–Crippen MR) is 45.9 cm³/mol. The normalized spacial score (nSPS) is 10.0. The Balaban J connectivity index is 3.40. The Morgan fingerprint density at radius 2 is 2.30 bits per heavy atom. The van der Waals surface area contributed by atoms with E-state index in [1.54, 1.807) is 0 Å². The number of likely N-dealkylation sites (N-methyl/N-ethyl adjacent to an activating group) is 1. The van der Waals surface area contributed by atoms with Gasteiger partial charge >= 0.3 is 0 Å². The Hall–Kier alpha value is -0.450. The van der Waals surface area contributed by atoms with Crippen molar-refractivity contribution in [2.45, 2.75) is 6.92 Å². The molecule has 0 heterocycles. The average Bonchev–Trinajstić information content (AvgIpc) is 1.97. The molecule has 0 amide bonds. The monoisotopic (exact) mass is 157 g/mol. The minimum absolute atomic E-state index is 0.803. The molecule has 0 aromatic carbocycles. The van der Waals surface area contributed by atoms with Crippen molar-refractivity contribution in [3.63, 3.8) is 0 Å². The zero-order chi connectivity index (χ0) is 7.82. The van der Waals surface area contributed by atoms with E-state index in [0.717, 1.165) is 13.1 Å². The summed E-state index contributed by atoms with van der Waals surface area (Å²) in [5, 5.41) is 0. The van der Waals surface area contributed by atoms with Crippen molar-refractivity contribution in [1.29, 1.82) is 0 Å². The first-order valence-electron chi connectivity index (χ1n) is 3.14. The van der Waals surface area contributed by atoms with Gasteiger partial charge in [-0.25, -0.2) is 0 Å². The second kappa shape index (κ2) is 6.67. The molecule has 0 spiro atoms. The smallest absolute Gasteiger partial charge is 0.0601 e. The molecule has 0 bridgehead atoms. The summed E-state index contributed by atoms with van der Waals surface area (Å²) in [6, 6.07) is 0. The molecule has 0 unspecified atom stereocenters. The van der Waals surface area contributed by atoms with Crippen molar-refractivity contribution in [1.82, 2.24) is 4.90 Å². The van der Waals surface area contributed by atoms with Gasteiger partial charge < -0.3 is 0 Å². The summed E-state index contributed by atoms with van der Waals surface area (Å²) in [7, 11) is 2.00. The lowest BCUT2D eigenvalue weighted by molar-refractivity contribution is 0.419. The first-order chi connectivity index (χ1) is 4.81. The van der Waals surface area contributed by atoms with E-state index in [0.29, 0.717) is 0 Å². The number of hydrogen-bond acceptors (Lipinski definition) is 1. The largest absolute Gasteiger partial charge is 0.292 e. The maximum absolute atomic E-state index is 5.34. The molecule has 0 rings (SSSR count). The minimum atomic E-state index is 0.803. The van der Waals surface area contributed by atoms with Gasteiger partial charge in [-0.05, 0) is 14.0 Å². The second-order valence-electron chi connectivity index (χ2n) is 1.99. The first kappa shape index (κ1) is 9.55. The van der Waals surface area contributed by atoms with Crippen molar-refractivity contribution in [3.05, 3.63) is 11.6 Å². The Labute approximate surface area is 67.7 Å². The lowest BCUT2D eigenvalue weighted by atomic mass is 10.5. The summed E-state index contributed by atoms with van der Waals surface area (Å²) in [5.41, 5.74) is 1.52. The van der Waals surface area contributed by atoms with Gasteiger partial charge in [0.25, 0.3) is 0 Å².